The summed E-state index contributed by atoms with van der Waals surface area (Å²) in [5, 5.41) is 6.86. The van der Waals surface area contributed by atoms with E-state index in [1.165, 1.54) is 0 Å². The lowest BCUT2D eigenvalue weighted by atomic mass is 10.1. The van der Waals surface area contributed by atoms with E-state index in [0.717, 1.165) is 36.5 Å². The number of aryl methyl sites for hydroxylation is 1. The smallest absolute Gasteiger partial charge is 0.220 e. The van der Waals surface area contributed by atoms with E-state index in [-0.39, 0.29) is 11.9 Å². The van der Waals surface area contributed by atoms with E-state index in [2.05, 4.69) is 20.2 Å². The zero-order valence-corrected chi connectivity index (χ0v) is 11.6. The molecule has 0 saturated carbocycles. The van der Waals surface area contributed by atoms with Crippen molar-refractivity contribution in [2.75, 3.05) is 6.54 Å². The van der Waals surface area contributed by atoms with Crippen LogP contribution < -0.4 is 0 Å². The second-order valence-electron chi connectivity index (χ2n) is 5.07. The lowest BCUT2D eigenvalue weighted by Gasteiger charge is -2.23. The number of nitrogens with one attached hydrogen (secondary N) is 1. The van der Waals surface area contributed by atoms with Crippen molar-refractivity contribution in [3.8, 4) is 11.4 Å². The zero-order chi connectivity index (χ0) is 14.1. The first-order valence-electron chi connectivity index (χ1n) is 6.77. The third-order valence-electron chi connectivity index (χ3n) is 3.63. The molecule has 1 aliphatic heterocycles. The topological polar surface area (TPSA) is 74.8 Å². The van der Waals surface area contributed by atoms with Crippen LogP contribution in [0.15, 0.2) is 18.3 Å². The molecule has 1 N–H and O–H groups in total. The average molecular weight is 271 g/mol. The number of nitrogens with zero attached hydrogens (tertiary/aromatic N) is 4. The van der Waals surface area contributed by atoms with Crippen LogP contribution in [0.2, 0.25) is 0 Å². The Labute approximate surface area is 117 Å². The first-order valence-corrected chi connectivity index (χ1v) is 6.77. The predicted molar refractivity (Wildman–Crippen MR) is 73.7 cm³/mol. The summed E-state index contributed by atoms with van der Waals surface area (Å²) in [4.78, 5) is 22.5. The van der Waals surface area contributed by atoms with Crippen LogP contribution in [-0.2, 0) is 4.79 Å². The highest BCUT2D eigenvalue weighted by Crippen LogP contribution is 2.32. The molecule has 0 radical (unpaired) electrons. The van der Waals surface area contributed by atoms with E-state index in [9.17, 15) is 4.79 Å². The number of H-pyrrole nitrogens is 1. The predicted octanol–water partition coefficient (Wildman–Crippen LogP) is 1.86. The van der Waals surface area contributed by atoms with Gasteiger partial charge in [0.25, 0.3) is 0 Å². The standard InChI is InChI=1S/C14H17N5O/c1-9-16-12(11-5-6-15-18-11)8-13(17-9)14-4-3-7-19(14)10(2)20/h5-6,8,14H,3-4,7H2,1-2H3,(H,15,18)/t14-/m0/s1. The van der Waals surface area contributed by atoms with Gasteiger partial charge in [0.15, 0.2) is 0 Å². The van der Waals surface area contributed by atoms with Gasteiger partial charge < -0.3 is 4.90 Å². The van der Waals surface area contributed by atoms with E-state index in [1.54, 1.807) is 13.1 Å². The molecule has 0 unspecified atom stereocenters. The fourth-order valence-electron chi connectivity index (χ4n) is 2.75. The van der Waals surface area contributed by atoms with Gasteiger partial charge in [-0.2, -0.15) is 5.10 Å². The molecule has 3 rings (SSSR count). The summed E-state index contributed by atoms with van der Waals surface area (Å²) in [6, 6.07) is 3.89. The minimum absolute atomic E-state index is 0.0656. The van der Waals surface area contributed by atoms with Crippen LogP contribution in [0.1, 0.15) is 37.3 Å². The lowest BCUT2D eigenvalue weighted by Crippen LogP contribution is -2.28. The zero-order valence-electron chi connectivity index (χ0n) is 11.6. The first-order chi connectivity index (χ1) is 9.65. The molecule has 0 aromatic carbocycles. The van der Waals surface area contributed by atoms with Crippen molar-refractivity contribution in [2.24, 2.45) is 0 Å². The van der Waals surface area contributed by atoms with Crippen molar-refractivity contribution >= 4 is 5.91 Å². The molecule has 6 nitrogen and oxygen atoms in total. The lowest BCUT2D eigenvalue weighted by molar-refractivity contribution is -0.129. The number of likely N-dealkylation sites (tertiary alicyclic amines) is 1. The van der Waals surface area contributed by atoms with Gasteiger partial charge >= 0.3 is 0 Å². The van der Waals surface area contributed by atoms with E-state index >= 15 is 0 Å². The van der Waals surface area contributed by atoms with Crippen LogP contribution in [0.5, 0.6) is 0 Å². The fraction of sp³-hybridized carbons (Fsp3) is 0.429. The Bertz CT molecular complexity index is 622. The highest BCUT2D eigenvalue weighted by Gasteiger charge is 2.29. The fourth-order valence-corrected chi connectivity index (χ4v) is 2.75. The van der Waals surface area contributed by atoms with Gasteiger partial charge in [0.2, 0.25) is 5.91 Å². The highest BCUT2D eigenvalue weighted by molar-refractivity contribution is 5.74. The second kappa shape index (κ2) is 5.03. The van der Waals surface area contributed by atoms with Crippen LogP contribution in [0.4, 0.5) is 0 Å². The van der Waals surface area contributed by atoms with E-state index in [1.807, 2.05) is 24.0 Å². The van der Waals surface area contributed by atoms with E-state index < -0.39 is 0 Å². The van der Waals surface area contributed by atoms with Gasteiger partial charge in [-0.3, -0.25) is 9.89 Å². The number of hydrogen-bond donors (Lipinski definition) is 1. The summed E-state index contributed by atoms with van der Waals surface area (Å²) in [7, 11) is 0. The summed E-state index contributed by atoms with van der Waals surface area (Å²) in [5.74, 6) is 0.814. The molecular formula is C14H17N5O. The Balaban J connectivity index is 2.00. The van der Waals surface area contributed by atoms with Crippen LogP contribution in [-0.4, -0.2) is 37.5 Å². The minimum Gasteiger partial charge on any atom is -0.334 e. The molecule has 104 valence electrons. The molecule has 2 aromatic rings. The molecule has 6 heteroatoms. The Morgan fingerprint density at radius 2 is 2.30 bits per heavy atom. The van der Waals surface area contributed by atoms with Crippen LogP contribution >= 0.6 is 0 Å². The molecule has 1 aliphatic rings. The molecule has 20 heavy (non-hydrogen) atoms. The molecule has 1 amide bonds. The van der Waals surface area contributed by atoms with E-state index in [0.29, 0.717) is 5.82 Å². The molecular weight excluding hydrogens is 254 g/mol. The number of hydrogen-bond acceptors (Lipinski definition) is 4. The monoisotopic (exact) mass is 271 g/mol. The number of aromatic nitrogens is 4. The number of rotatable bonds is 2. The van der Waals surface area contributed by atoms with Gasteiger partial charge in [0.05, 0.1) is 23.1 Å². The normalized spacial score (nSPS) is 18.5. The third kappa shape index (κ3) is 2.29. The van der Waals surface area contributed by atoms with Crippen LogP contribution in [0.3, 0.4) is 0 Å². The molecule has 1 saturated heterocycles. The number of amides is 1. The summed E-state index contributed by atoms with van der Waals surface area (Å²) < 4.78 is 0. The minimum atomic E-state index is 0.0656. The molecule has 0 aliphatic carbocycles. The van der Waals surface area contributed by atoms with Gasteiger partial charge in [-0.1, -0.05) is 0 Å². The summed E-state index contributed by atoms with van der Waals surface area (Å²) in [6.07, 6.45) is 3.68. The van der Waals surface area contributed by atoms with Gasteiger partial charge in [-0.05, 0) is 31.9 Å². The molecule has 2 aromatic heterocycles. The van der Waals surface area contributed by atoms with Crippen molar-refractivity contribution in [1.29, 1.82) is 0 Å². The Hall–Kier alpha value is -2.24. The van der Waals surface area contributed by atoms with Gasteiger partial charge in [0, 0.05) is 19.7 Å². The maximum absolute atomic E-state index is 11.7. The summed E-state index contributed by atoms with van der Waals surface area (Å²) in [6.45, 7) is 4.29. The SMILES string of the molecule is CC(=O)N1CCC[C@H]1c1cc(-c2ccn[nH]2)nc(C)n1. The van der Waals surface area contributed by atoms with Crippen molar-refractivity contribution in [3.63, 3.8) is 0 Å². The van der Waals surface area contributed by atoms with Crippen LogP contribution in [0, 0.1) is 6.92 Å². The van der Waals surface area contributed by atoms with Gasteiger partial charge in [-0.15, -0.1) is 0 Å². The Kier molecular flexibility index (Phi) is 3.22. The van der Waals surface area contributed by atoms with Crippen molar-refractivity contribution in [3.05, 3.63) is 29.8 Å². The number of carbonyl (C=O) groups excluding carboxylic acids is 1. The van der Waals surface area contributed by atoms with Crippen molar-refractivity contribution < 1.29 is 4.79 Å². The van der Waals surface area contributed by atoms with Crippen molar-refractivity contribution in [2.45, 2.75) is 32.7 Å². The maximum Gasteiger partial charge on any atom is 0.220 e. The second-order valence-corrected chi connectivity index (χ2v) is 5.07. The van der Waals surface area contributed by atoms with Crippen LogP contribution in [0.25, 0.3) is 11.4 Å². The Morgan fingerprint density at radius 1 is 1.45 bits per heavy atom. The largest absolute Gasteiger partial charge is 0.334 e. The first kappa shape index (κ1) is 12.8. The van der Waals surface area contributed by atoms with Gasteiger partial charge in [0.1, 0.15) is 5.82 Å². The third-order valence-corrected chi connectivity index (χ3v) is 3.63. The quantitative estimate of drug-likeness (QED) is 0.904. The molecule has 0 bridgehead atoms. The molecule has 1 atom stereocenters. The molecule has 0 spiro atoms. The highest BCUT2D eigenvalue weighted by atomic mass is 16.2. The van der Waals surface area contributed by atoms with Gasteiger partial charge in [-0.25, -0.2) is 9.97 Å². The Morgan fingerprint density at radius 3 is 3.00 bits per heavy atom. The number of aromatic amines is 1. The van der Waals surface area contributed by atoms with E-state index in [4.69, 9.17) is 0 Å². The number of carbonyl (C=O) groups is 1. The molecule has 3 heterocycles. The summed E-state index contributed by atoms with van der Waals surface area (Å²) in [5.41, 5.74) is 2.60. The molecule has 1 fully saturated rings. The summed E-state index contributed by atoms with van der Waals surface area (Å²) >= 11 is 0. The maximum atomic E-state index is 11.7. The van der Waals surface area contributed by atoms with Crippen molar-refractivity contribution in [1.82, 2.24) is 25.1 Å². The average Bonchev–Trinajstić information content (AvgIpc) is 3.09.